The number of anilines is 1. The van der Waals surface area contributed by atoms with Crippen LogP contribution in [-0.2, 0) is 9.59 Å². The van der Waals surface area contributed by atoms with Gasteiger partial charge in [-0.25, -0.2) is 0 Å². The summed E-state index contributed by atoms with van der Waals surface area (Å²) in [5, 5.41) is 2.67. The number of rotatable bonds is 5. The fourth-order valence-corrected chi connectivity index (χ4v) is 3.84. The molecular weight excluding hydrogens is 326 g/mol. The monoisotopic (exact) mass is 349 g/mol. The van der Waals surface area contributed by atoms with Crippen molar-refractivity contribution in [3.8, 4) is 0 Å². The van der Waals surface area contributed by atoms with Gasteiger partial charge in [0.25, 0.3) is 5.91 Å². The van der Waals surface area contributed by atoms with Crippen molar-refractivity contribution in [1.29, 1.82) is 0 Å². The molecule has 7 heteroatoms. The van der Waals surface area contributed by atoms with Gasteiger partial charge >= 0.3 is 0 Å². The fourth-order valence-electron chi connectivity index (χ4n) is 2.69. The van der Waals surface area contributed by atoms with Crippen molar-refractivity contribution in [2.24, 2.45) is 0 Å². The molecule has 24 heavy (non-hydrogen) atoms. The normalized spacial score (nSPS) is 16.8. The highest BCUT2D eigenvalue weighted by Gasteiger charge is 2.36. The fraction of sp³-hybridized carbons (Fsp3) is 0.471. The number of hydrogen-bond donors (Lipinski definition) is 1. The van der Waals surface area contributed by atoms with Crippen molar-refractivity contribution in [2.45, 2.75) is 26.8 Å². The average Bonchev–Trinajstić information content (AvgIpc) is 3.04. The molecule has 6 nitrogen and oxygen atoms in total. The molecule has 1 aliphatic heterocycles. The second-order valence-corrected chi connectivity index (χ2v) is 6.56. The van der Waals surface area contributed by atoms with Gasteiger partial charge in [0.15, 0.2) is 0 Å². The summed E-state index contributed by atoms with van der Waals surface area (Å²) in [6.45, 7) is 6.57. The number of nitrogens with zero attached hydrogens (tertiary/aromatic N) is 2. The zero-order valence-electron chi connectivity index (χ0n) is 14.2. The van der Waals surface area contributed by atoms with Crippen LogP contribution >= 0.6 is 11.8 Å². The summed E-state index contributed by atoms with van der Waals surface area (Å²) in [7, 11) is 0. The Kier molecular flexibility index (Phi) is 6.25. The predicted molar refractivity (Wildman–Crippen MR) is 96.0 cm³/mol. The van der Waals surface area contributed by atoms with Crippen molar-refractivity contribution in [3.05, 3.63) is 29.8 Å². The molecule has 1 aromatic rings. The quantitative estimate of drug-likeness (QED) is 0.883. The van der Waals surface area contributed by atoms with E-state index < -0.39 is 6.04 Å². The highest BCUT2D eigenvalue weighted by molar-refractivity contribution is 7.99. The maximum Gasteiger partial charge on any atom is 0.255 e. The molecule has 0 saturated carbocycles. The van der Waals surface area contributed by atoms with Gasteiger partial charge in [-0.1, -0.05) is 6.07 Å². The van der Waals surface area contributed by atoms with E-state index in [1.165, 1.54) is 6.92 Å². The van der Waals surface area contributed by atoms with Gasteiger partial charge in [-0.05, 0) is 32.0 Å². The molecule has 0 spiro atoms. The molecule has 1 heterocycles. The van der Waals surface area contributed by atoms with Crippen LogP contribution in [0.5, 0.6) is 0 Å². The zero-order valence-corrected chi connectivity index (χ0v) is 15.1. The molecule has 1 N–H and O–H groups in total. The third-order valence-electron chi connectivity index (χ3n) is 3.93. The zero-order chi connectivity index (χ0) is 17.7. The molecule has 0 aromatic heterocycles. The van der Waals surface area contributed by atoms with Crippen LogP contribution in [0.15, 0.2) is 24.3 Å². The molecule has 1 aromatic carbocycles. The molecular formula is C17H23N3O3S. The van der Waals surface area contributed by atoms with Crippen molar-refractivity contribution < 1.29 is 14.4 Å². The number of amides is 3. The summed E-state index contributed by atoms with van der Waals surface area (Å²) in [6.07, 6.45) is 0. The smallest absolute Gasteiger partial charge is 0.255 e. The Morgan fingerprint density at radius 3 is 2.62 bits per heavy atom. The van der Waals surface area contributed by atoms with E-state index in [1.54, 1.807) is 45.8 Å². The minimum absolute atomic E-state index is 0.00337. The molecule has 1 saturated heterocycles. The molecule has 0 radical (unpaired) electrons. The maximum absolute atomic E-state index is 12.8. The highest BCUT2D eigenvalue weighted by atomic mass is 32.2. The van der Waals surface area contributed by atoms with Crippen molar-refractivity contribution in [3.63, 3.8) is 0 Å². The Balaban J connectivity index is 2.19. The Morgan fingerprint density at radius 1 is 1.29 bits per heavy atom. The van der Waals surface area contributed by atoms with E-state index in [9.17, 15) is 14.4 Å². The highest BCUT2D eigenvalue weighted by Crippen LogP contribution is 2.25. The number of benzene rings is 1. The number of nitrogens with one attached hydrogen (secondary N) is 1. The van der Waals surface area contributed by atoms with Crippen molar-refractivity contribution in [2.75, 3.05) is 30.0 Å². The molecule has 1 fully saturated rings. The van der Waals surface area contributed by atoms with Crippen LogP contribution < -0.4 is 5.32 Å². The Hall–Kier alpha value is -2.02. The Morgan fingerprint density at radius 2 is 2.00 bits per heavy atom. The summed E-state index contributed by atoms with van der Waals surface area (Å²) in [5.41, 5.74) is 1.05. The summed E-state index contributed by atoms with van der Waals surface area (Å²) < 4.78 is 0. The number of hydrogen-bond acceptors (Lipinski definition) is 4. The van der Waals surface area contributed by atoms with Crippen LogP contribution in [0.25, 0.3) is 0 Å². The van der Waals surface area contributed by atoms with Crippen molar-refractivity contribution >= 4 is 35.2 Å². The largest absolute Gasteiger partial charge is 0.341 e. The summed E-state index contributed by atoms with van der Waals surface area (Å²) >= 11 is 1.58. The van der Waals surface area contributed by atoms with Crippen LogP contribution in [0.2, 0.25) is 0 Å². The lowest BCUT2D eigenvalue weighted by molar-refractivity contribution is -0.134. The molecule has 3 amide bonds. The first-order valence-electron chi connectivity index (χ1n) is 8.03. The molecule has 1 aliphatic rings. The minimum atomic E-state index is -0.424. The van der Waals surface area contributed by atoms with Crippen molar-refractivity contribution in [1.82, 2.24) is 9.80 Å². The van der Waals surface area contributed by atoms with Crippen LogP contribution in [0.4, 0.5) is 5.69 Å². The first-order valence-corrected chi connectivity index (χ1v) is 9.18. The second-order valence-electron chi connectivity index (χ2n) is 5.56. The van der Waals surface area contributed by atoms with Gasteiger partial charge in [0, 0.05) is 37.0 Å². The van der Waals surface area contributed by atoms with Gasteiger partial charge in [-0.3, -0.25) is 14.4 Å². The van der Waals surface area contributed by atoms with Crippen LogP contribution in [0, 0.1) is 0 Å². The van der Waals surface area contributed by atoms with E-state index in [0.717, 1.165) is 0 Å². The van der Waals surface area contributed by atoms with Crippen LogP contribution in [-0.4, -0.2) is 58.3 Å². The van der Waals surface area contributed by atoms with E-state index in [0.29, 0.717) is 36.0 Å². The molecule has 1 atom stereocenters. The third-order valence-corrected chi connectivity index (χ3v) is 4.95. The standard InChI is InChI=1S/C17H23N3O3S/c1-4-19(5-2)17(23)15-10-24-11-20(15)16(22)13-7-6-8-14(9-13)18-12(3)21/h6-9,15H,4-5,10-11H2,1-3H3,(H,18,21). The van der Waals surface area contributed by atoms with Gasteiger partial charge in [0.2, 0.25) is 11.8 Å². The van der Waals surface area contributed by atoms with E-state index in [1.807, 2.05) is 13.8 Å². The molecule has 0 bridgehead atoms. The Bertz CT molecular complexity index is 631. The predicted octanol–water partition coefficient (Wildman–Crippen LogP) is 2.03. The maximum atomic E-state index is 12.8. The number of carbonyl (C=O) groups is 3. The van der Waals surface area contributed by atoms with Gasteiger partial charge in [0.1, 0.15) is 6.04 Å². The minimum Gasteiger partial charge on any atom is -0.341 e. The molecule has 0 aliphatic carbocycles. The van der Waals surface area contributed by atoms with Gasteiger partial charge in [-0.15, -0.1) is 11.8 Å². The average molecular weight is 349 g/mol. The summed E-state index contributed by atoms with van der Waals surface area (Å²) in [4.78, 5) is 40.0. The van der Waals surface area contributed by atoms with Gasteiger partial charge in [0.05, 0.1) is 5.88 Å². The van der Waals surface area contributed by atoms with Crippen LogP contribution in [0.3, 0.4) is 0 Å². The van der Waals surface area contributed by atoms with Gasteiger partial charge in [-0.2, -0.15) is 0 Å². The number of likely N-dealkylation sites (N-methyl/N-ethyl adjacent to an activating group) is 1. The number of thioether (sulfide) groups is 1. The lowest BCUT2D eigenvalue weighted by Crippen LogP contribution is -2.48. The molecule has 1 unspecified atom stereocenters. The first-order chi connectivity index (χ1) is 11.5. The molecule has 2 rings (SSSR count). The number of carbonyl (C=O) groups excluding carboxylic acids is 3. The van der Waals surface area contributed by atoms with Gasteiger partial charge < -0.3 is 15.1 Å². The van der Waals surface area contributed by atoms with E-state index in [2.05, 4.69) is 5.32 Å². The topological polar surface area (TPSA) is 69.7 Å². The first kappa shape index (κ1) is 18.3. The second kappa shape index (κ2) is 8.19. The summed E-state index contributed by atoms with van der Waals surface area (Å²) in [5.74, 6) is 0.743. The third kappa shape index (κ3) is 4.08. The molecule has 130 valence electrons. The van der Waals surface area contributed by atoms with E-state index in [4.69, 9.17) is 0 Å². The Labute approximate surface area is 146 Å². The van der Waals surface area contributed by atoms with Crippen LogP contribution in [0.1, 0.15) is 31.1 Å². The summed E-state index contributed by atoms with van der Waals surface area (Å²) in [6, 6.07) is 6.38. The van der Waals surface area contributed by atoms with E-state index >= 15 is 0 Å². The SMILES string of the molecule is CCN(CC)C(=O)C1CSCN1C(=O)c1cccc(NC(C)=O)c1. The lowest BCUT2D eigenvalue weighted by atomic mass is 10.1. The lowest BCUT2D eigenvalue weighted by Gasteiger charge is -2.28. The van der Waals surface area contributed by atoms with E-state index in [-0.39, 0.29) is 17.7 Å².